The first-order chi connectivity index (χ1) is 13.4. The number of hydrogen-bond donors (Lipinski definition) is 0. The van der Waals surface area contributed by atoms with Gasteiger partial charge in [0.2, 0.25) is 0 Å². The summed E-state index contributed by atoms with van der Waals surface area (Å²) in [5.74, 6) is 2.22. The van der Waals surface area contributed by atoms with E-state index in [0.717, 1.165) is 25.7 Å². The number of Topliss-reactive ketones (excluding diaryl/α,β-unsaturated/α-hetero) is 1. The van der Waals surface area contributed by atoms with Crippen molar-refractivity contribution in [3.63, 3.8) is 0 Å². The van der Waals surface area contributed by atoms with Crippen molar-refractivity contribution in [3.05, 3.63) is 0 Å². The quantitative estimate of drug-likeness (QED) is 0.333. The van der Waals surface area contributed by atoms with Gasteiger partial charge in [-0.1, -0.05) is 48.5 Å². The van der Waals surface area contributed by atoms with Crippen LogP contribution < -0.4 is 0 Å². The van der Waals surface area contributed by atoms with Crippen molar-refractivity contribution in [2.75, 3.05) is 0 Å². The molecule has 2 aliphatic rings. The Morgan fingerprint density at radius 1 is 1.07 bits per heavy atom. The summed E-state index contributed by atoms with van der Waals surface area (Å²) in [5.41, 5.74) is 0.486. The highest BCUT2D eigenvalue weighted by Gasteiger charge is 2.54. The summed E-state index contributed by atoms with van der Waals surface area (Å²) in [4.78, 5) is 12.6. The van der Waals surface area contributed by atoms with E-state index >= 15 is 0 Å². The molecular weight excluding hydrogens is 372 g/mol. The van der Waals surface area contributed by atoms with E-state index in [-0.39, 0.29) is 16.4 Å². The van der Waals surface area contributed by atoms with Gasteiger partial charge in [0, 0.05) is 12.3 Å². The molecule has 0 aromatic carbocycles. The molecule has 170 valence electrons. The molecule has 4 atom stereocenters. The van der Waals surface area contributed by atoms with Gasteiger partial charge in [0.05, 0.1) is 5.60 Å². The number of carbonyl (C=O) groups excluding carboxylic acids is 1. The predicted molar refractivity (Wildman–Crippen MR) is 128 cm³/mol. The van der Waals surface area contributed by atoms with Crippen molar-refractivity contribution in [2.45, 2.75) is 131 Å². The van der Waals surface area contributed by atoms with Gasteiger partial charge >= 0.3 is 0 Å². The molecule has 2 aliphatic carbocycles. The molecule has 2 nitrogen and oxygen atoms in total. The number of hydrogen-bond acceptors (Lipinski definition) is 2. The van der Waals surface area contributed by atoms with Crippen LogP contribution in [0.3, 0.4) is 0 Å². The fourth-order valence-electron chi connectivity index (χ4n) is 6.79. The largest absolute Gasteiger partial charge is 0.412 e. The molecule has 0 aromatic rings. The number of ketones is 1. The summed E-state index contributed by atoms with van der Waals surface area (Å²) in [7, 11) is -1.58. The highest BCUT2D eigenvalue weighted by molar-refractivity contribution is 6.73. The molecule has 2 fully saturated rings. The van der Waals surface area contributed by atoms with Gasteiger partial charge in [-0.15, -0.1) is 0 Å². The highest BCUT2D eigenvalue weighted by Crippen LogP contribution is 2.59. The Kier molecular flexibility index (Phi) is 7.92. The minimum atomic E-state index is -1.58. The molecule has 3 heteroatoms. The van der Waals surface area contributed by atoms with Crippen molar-refractivity contribution in [2.24, 2.45) is 28.6 Å². The first-order valence-corrected chi connectivity index (χ1v) is 15.1. The smallest absolute Gasteiger partial charge is 0.192 e. The van der Waals surface area contributed by atoms with E-state index in [2.05, 4.69) is 62.3 Å². The molecule has 0 saturated heterocycles. The maximum absolute atomic E-state index is 12.6. The third kappa shape index (κ3) is 5.19. The number of carbonyl (C=O) groups is 1. The van der Waals surface area contributed by atoms with Gasteiger partial charge in [-0.2, -0.15) is 0 Å². The minimum absolute atomic E-state index is 0.0336. The van der Waals surface area contributed by atoms with E-state index in [9.17, 15) is 4.79 Å². The van der Waals surface area contributed by atoms with Crippen LogP contribution in [-0.4, -0.2) is 19.7 Å². The van der Waals surface area contributed by atoms with E-state index in [1.165, 1.54) is 37.4 Å². The summed E-state index contributed by atoms with van der Waals surface area (Å²) in [5, 5.41) is 0. The lowest BCUT2D eigenvalue weighted by Crippen LogP contribution is -2.45. The summed E-state index contributed by atoms with van der Waals surface area (Å²) in [6, 6.07) is 3.66. The van der Waals surface area contributed by atoms with Crippen LogP contribution in [0.4, 0.5) is 0 Å². The second kappa shape index (κ2) is 9.15. The Hall–Kier alpha value is -0.153. The molecule has 0 aliphatic heterocycles. The molecule has 0 unspecified atom stereocenters. The second-order valence-corrected chi connectivity index (χ2v) is 16.6. The van der Waals surface area contributed by atoms with Gasteiger partial charge in [0.25, 0.3) is 0 Å². The average Bonchev–Trinajstić information content (AvgIpc) is 3.02. The monoisotopic (exact) mass is 422 g/mol. The molecule has 2 rings (SSSR count). The molecule has 0 radical (unpaired) electrons. The number of fused-ring (bicyclic) bond motifs is 1. The third-order valence-electron chi connectivity index (χ3n) is 9.57. The normalized spacial score (nSPS) is 29.8. The molecular formula is C26H50O2Si. The Morgan fingerprint density at radius 3 is 2.21 bits per heavy atom. The van der Waals surface area contributed by atoms with Crippen LogP contribution in [0.5, 0.6) is 0 Å². The highest BCUT2D eigenvalue weighted by atomic mass is 28.4. The van der Waals surface area contributed by atoms with Crippen molar-refractivity contribution in [1.82, 2.24) is 0 Å². The standard InChI is InChI=1S/C26H50O2Si/c1-10-29(11-2,12-3)28-25(7,8)19-18-24(5,6)20(4)21-15-16-22-23(27)14-13-17-26(21,22)9/h20-22H,10-19H2,1-9H3/t20-,21+,22-,26+/m0/s1. The van der Waals surface area contributed by atoms with Gasteiger partial charge in [-0.25, -0.2) is 0 Å². The topological polar surface area (TPSA) is 26.3 Å². The van der Waals surface area contributed by atoms with Crippen molar-refractivity contribution in [1.29, 1.82) is 0 Å². The lowest BCUT2D eigenvalue weighted by molar-refractivity contribution is -0.130. The molecule has 0 N–H and O–H groups in total. The zero-order valence-corrected chi connectivity index (χ0v) is 22.1. The van der Waals surface area contributed by atoms with E-state index in [0.29, 0.717) is 23.5 Å². The second-order valence-electron chi connectivity index (χ2n) is 11.9. The molecule has 29 heavy (non-hydrogen) atoms. The van der Waals surface area contributed by atoms with Gasteiger partial charge in [-0.05, 0) is 93.2 Å². The summed E-state index contributed by atoms with van der Waals surface area (Å²) < 4.78 is 6.89. The van der Waals surface area contributed by atoms with E-state index in [1.54, 1.807) is 0 Å². The maximum atomic E-state index is 12.6. The molecule has 0 bridgehead atoms. The van der Waals surface area contributed by atoms with Gasteiger partial charge in [0.15, 0.2) is 8.32 Å². The fraction of sp³-hybridized carbons (Fsp3) is 0.962. The molecule has 0 spiro atoms. The summed E-state index contributed by atoms with van der Waals surface area (Å²) in [6.45, 7) is 21.5. The molecule has 0 amide bonds. The van der Waals surface area contributed by atoms with Crippen LogP contribution in [0.15, 0.2) is 0 Å². The Labute approximate surface area is 183 Å². The maximum Gasteiger partial charge on any atom is 0.192 e. The summed E-state index contributed by atoms with van der Waals surface area (Å²) in [6.07, 6.45) is 7.89. The van der Waals surface area contributed by atoms with Gasteiger partial charge < -0.3 is 4.43 Å². The molecule has 2 saturated carbocycles. The first kappa shape index (κ1) is 25.1. The minimum Gasteiger partial charge on any atom is -0.412 e. The van der Waals surface area contributed by atoms with Crippen LogP contribution in [0, 0.1) is 28.6 Å². The fourth-order valence-corrected chi connectivity index (χ4v) is 10.00. The van der Waals surface area contributed by atoms with E-state index < -0.39 is 8.32 Å². The molecule has 0 heterocycles. The molecule has 0 aromatic heterocycles. The van der Waals surface area contributed by atoms with Crippen molar-refractivity contribution in [3.8, 4) is 0 Å². The lowest BCUT2D eigenvalue weighted by Gasteiger charge is -2.47. The van der Waals surface area contributed by atoms with Crippen LogP contribution >= 0.6 is 0 Å². The van der Waals surface area contributed by atoms with Crippen molar-refractivity contribution < 1.29 is 9.22 Å². The number of rotatable bonds is 10. The first-order valence-electron chi connectivity index (χ1n) is 12.6. The Balaban J connectivity index is 2.06. The average molecular weight is 423 g/mol. The zero-order valence-electron chi connectivity index (χ0n) is 21.1. The Bertz CT molecular complexity index is 555. The van der Waals surface area contributed by atoms with E-state index in [1.807, 2.05) is 0 Å². The van der Waals surface area contributed by atoms with Crippen LogP contribution in [0.2, 0.25) is 18.1 Å². The lowest BCUT2D eigenvalue weighted by atomic mass is 9.57. The predicted octanol–water partition coefficient (Wildman–Crippen LogP) is 8.01. The van der Waals surface area contributed by atoms with Gasteiger partial charge in [0.1, 0.15) is 5.78 Å². The van der Waals surface area contributed by atoms with Crippen molar-refractivity contribution >= 4 is 14.1 Å². The van der Waals surface area contributed by atoms with E-state index in [4.69, 9.17) is 4.43 Å². The SMILES string of the molecule is CC[Si](CC)(CC)OC(C)(C)CCC(C)(C)[C@@H](C)[C@H]1CC[C@H]2C(=O)CCC[C@]12C. The van der Waals surface area contributed by atoms with Crippen LogP contribution in [0.1, 0.15) is 107 Å². The Morgan fingerprint density at radius 2 is 1.66 bits per heavy atom. The third-order valence-corrected chi connectivity index (χ3v) is 14.4. The van der Waals surface area contributed by atoms with Crippen LogP contribution in [0.25, 0.3) is 0 Å². The van der Waals surface area contributed by atoms with Crippen LogP contribution in [-0.2, 0) is 9.22 Å². The zero-order chi connectivity index (χ0) is 22.1. The van der Waals surface area contributed by atoms with Gasteiger partial charge in [-0.3, -0.25) is 4.79 Å². The summed E-state index contributed by atoms with van der Waals surface area (Å²) >= 11 is 0.